The van der Waals surface area contributed by atoms with E-state index in [2.05, 4.69) is 43.9 Å². The first-order valence-electron chi connectivity index (χ1n) is 9.56. The predicted molar refractivity (Wildman–Crippen MR) is 107 cm³/mol. The number of nitrogens with zero attached hydrogens (tertiary/aromatic N) is 3. The van der Waals surface area contributed by atoms with Gasteiger partial charge >= 0.3 is 0 Å². The molecule has 0 bridgehead atoms. The van der Waals surface area contributed by atoms with Crippen molar-refractivity contribution in [3.8, 4) is 0 Å². The fourth-order valence-electron chi connectivity index (χ4n) is 3.63. The molecule has 2 aliphatic rings. The molecule has 2 aliphatic heterocycles. The Morgan fingerprint density at radius 3 is 2.81 bits per heavy atom. The highest BCUT2D eigenvalue weighted by Crippen LogP contribution is 2.27. The number of likely N-dealkylation sites (tertiary alicyclic amines) is 1. The van der Waals surface area contributed by atoms with Crippen LogP contribution in [0.3, 0.4) is 0 Å². The van der Waals surface area contributed by atoms with Crippen molar-refractivity contribution in [2.24, 2.45) is 5.92 Å². The van der Waals surface area contributed by atoms with Crippen molar-refractivity contribution in [1.29, 1.82) is 0 Å². The van der Waals surface area contributed by atoms with Gasteiger partial charge in [0.2, 0.25) is 5.91 Å². The second kappa shape index (κ2) is 7.92. The highest BCUT2D eigenvalue weighted by molar-refractivity contribution is 5.99. The molecule has 1 amide bonds. The van der Waals surface area contributed by atoms with Crippen molar-refractivity contribution in [3.63, 3.8) is 0 Å². The number of pyridine rings is 2. The standard InChI is InChI=1S/C20H26N6O/c1-26-8-5-14(6-9-26)11-23-18-3-2-15(13-24-18)12-22-17-4-7-21-20-16(17)10-19(27)25-20/h2-4,7,13-14H,5-6,8-12H2,1H3,(H,23,24)(H2,21,22,25,27). The smallest absolute Gasteiger partial charge is 0.230 e. The summed E-state index contributed by atoms with van der Waals surface area (Å²) in [5.41, 5.74) is 2.98. The molecule has 142 valence electrons. The number of amides is 1. The van der Waals surface area contributed by atoms with E-state index in [1.54, 1.807) is 6.20 Å². The molecule has 4 rings (SSSR count). The van der Waals surface area contributed by atoms with Crippen LogP contribution >= 0.6 is 0 Å². The molecule has 27 heavy (non-hydrogen) atoms. The first-order valence-corrected chi connectivity index (χ1v) is 9.56. The summed E-state index contributed by atoms with van der Waals surface area (Å²) in [5, 5.41) is 9.63. The van der Waals surface area contributed by atoms with E-state index in [9.17, 15) is 4.79 Å². The number of piperidine rings is 1. The molecule has 2 aromatic heterocycles. The largest absolute Gasteiger partial charge is 0.381 e. The molecule has 0 atom stereocenters. The molecule has 0 saturated carbocycles. The second-order valence-corrected chi connectivity index (χ2v) is 7.44. The van der Waals surface area contributed by atoms with E-state index in [1.165, 1.54) is 25.9 Å². The lowest BCUT2D eigenvalue weighted by Crippen LogP contribution is -2.33. The van der Waals surface area contributed by atoms with Crippen LogP contribution in [-0.4, -0.2) is 47.5 Å². The van der Waals surface area contributed by atoms with Gasteiger partial charge in [-0.3, -0.25) is 4.79 Å². The van der Waals surface area contributed by atoms with Gasteiger partial charge in [0.15, 0.2) is 0 Å². The van der Waals surface area contributed by atoms with Gasteiger partial charge in [0.1, 0.15) is 11.6 Å². The van der Waals surface area contributed by atoms with Gasteiger partial charge in [-0.2, -0.15) is 0 Å². The van der Waals surface area contributed by atoms with Crippen molar-refractivity contribution in [2.75, 3.05) is 42.6 Å². The second-order valence-electron chi connectivity index (χ2n) is 7.44. The van der Waals surface area contributed by atoms with Crippen LogP contribution in [0.1, 0.15) is 24.0 Å². The molecule has 0 spiro atoms. The van der Waals surface area contributed by atoms with Crippen LogP contribution in [0.15, 0.2) is 30.6 Å². The SMILES string of the molecule is CN1CCC(CNc2ccc(CNc3ccnc4c3CC(=O)N4)cn2)CC1. The number of hydrogen-bond donors (Lipinski definition) is 3. The Kier molecular flexibility index (Phi) is 5.20. The predicted octanol–water partition coefficient (Wildman–Crippen LogP) is 2.34. The fraction of sp³-hybridized carbons (Fsp3) is 0.450. The molecular weight excluding hydrogens is 340 g/mol. The Hall–Kier alpha value is -2.67. The summed E-state index contributed by atoms with van der Waals surface area (Å²) in [7, 11) is 2.19. The molecule has 0 unspecified atom stereocenters. The van der Waals surface area contributed by atoms with E-state index >= 15 is 0 Å². The summed E-state index contributed by atoms with van der Waals surface area (Å²) >= 11 is 0. The lowest BCUT2D eigenvalue weighted by atomic mass is 9.97. The highest BCUT2D eigenvalue weighted by atomic mass is 16.1. The van der Waals surface area contributed by atoms with Gasteiger partial charge < -0.3 is 20.9 Å². The number of nitrogens with one attached hydrogen (secondary N) is 3. The van der Waals surface area contributed by atoms with Gasteiger partial charge in [-0.15, -0.1) is 0 Å². The first kappa shape index (κ1) is 17.7. The number of carbonyl (C=O) groups excluding carboxylic acids is 1. The monoisotopic (exact) mass is 366 g/mol. The van der Waals surface area contributed by atoms with Crippen LogP contribution in [0.5, 0.6) is 0 Å². The Labute approximate surface area is 159 Å². The van der Waals surface area contributed by atoms with E-state index in [0.717, 1.165) is 35.1 Å². The number of fused-ring (bicyclic) bond motifs is 1. The van der Waals surface area contributed by atoms with Crippen LogP contribution in [0, 0.1) is 5.92 Å². The van der Waals surface area contributed by atoms with E-state index in [1.807, 2.05) is 18.3 Å². The fourth-order valence-corrected chi connectivity index (χ4v) is 3.63. The van der Waals surface area contributed by atoms with Crippen molar-refractivity contribution in [3.05, 3.63) is 41.7 Å². The van der Waals surface area contributed by atoms with E-state index in [4.69, 9.17) is 0 Å². The molecule has 7 nitrogen and oxygen atoms in total. The Morgan fingerprint density at radius 2 is 2.04 bits per heavy atom. The molecule has 0 aromatic carbocycles. The normalized spacial score (nSPS) is 17.4. The number of aromatic nitrogens is 2. The Bertz CT molecular complexity index is 799. The zero-order valence-corrected chi connectivity index (χ0v) is 15.7. The highest BCUT2D eigenvalue weighted by Gasteiger charge is 2.21. The third-order valence-electron chi connectivity index (χ3n) is 5.37. The van der Waals surface area contributed by atoms with Crippen molar-refractivity contribution >= 4 is 23.2 Å². The molecule has 0 radical (unpaired) electrons. The Balaban J connectivity index is 1.29. The van der Waals surface area contributed by atoms with Gasteiger partial charge in [-0.25, -0.2) is 9.97 Å². The van der Waals surface area contributed by atoms with Crippen LogP contribution in [0.25, 0.3) is 0 Å². The summed E-state index contributed by atoms with van der Waals surface area (Å²) in [4.78, 5) is 22.7. The quantitative estimate of drug-likeness (QED) is 0.728. The van der Waals surface area contributed by atoms with Crippen molar-refractivity contribution in [1.82, 2.24) is 14.9 Å². The van der Waals surface area contributed by atoms with Crippen molar-refractivity contribution in [2.45, 2.75) is 25.8 Å². The van der Waals surface area contributed by atoms with Crippen LogP contribution in [0.4, 0.5) is 17.3 Å². The number of carbonyl (C=O) groups is 1. The molecule has 1 fully saturated rings. The molecule has 3 N–H and O–H groups in total. The third-order valence-corrected chi connectivity index (χ3v) is 5.37. The van der Waals surface area contributed by atoms with E-state index < -0.39 is 0 Å². The number of rotatable bonds is 6. The summed E-state index contributed by atoms with van der Waals surface area (Å²) in [6.45, 7) is 4.02. The number of hydrogen-bond acceptors (Lipinski definition) is 6. The van der Waals surface area contributed by atoms with Gasteiger partial charge in [-0.1, -0.05) is 6.07 Å². The van der Waals surface area contributed by atoms with Crippen LogP contribution in [-0.2, 0) is 17.8 Å². The minimum Gasteiger partial charge on any atom is -0.381 e. The van der Waals surface area contributed by atoms with E-state index in [0.29, 0.717) is 18.8 Å². The van der Waals surface area contributed by atoms with Crippen molar-refractivity contribution < 1.29 is 4.79 Å². The lowest BCUT2D eigenvalue weighted by Gasteiger charge is -2.29. The Morgan fingerprint density at radius 1 is 1.19 bits per heavy atom. The van der Waals surface area contributed by atoms with Gasteiger partial charge in [0, 0.05) is 36.7 Å². The lowest BCUT2D eigenvalue weighted by molar-refractivity contribution is -0.115. The van der Waals surface area contributed by atoms with Gasteiger partial charge in [0.05, 0.1) is 6.42 Å². The maximum absolute atomic E-state index is 11.6. The van der Waals surface area contributed by atoms with Crippen LogP contribution in [0.2, 0.25) is 0 Å². The zero-order chi connectivity index (χ0) is 18.6. The molecular formula is C20H26N6O. The average molecular weight is 366 g/mol. The van der Waals surface area contributed by atoms with Crippen LogP contribution < -0.4 is 16.0 Å². The average Bonchev–Trinajstić information content (AvgIpc) is 3.07. The maximum Gasteiger partial charge on any atom is 0.230 e. The molecule has 4 heterocycles. The summed E-state index contributed by atoms with van der Waals surface area (Å²) < 4.78 is 0. The van der Waals surface area contributed by atoms with Gasteiger partial charge in [0.25, 0.3) is 0 Å². The minimum absolute atomic E-state index is 0.00606. The summed E-state index contributed by atoms with van der Waals surface area (Å²) in [6.07, 6.45) is 6.48. The molecule has 1 saturated heterocycles. The number of anilines is 3. The summed E-state index contributed by atoms with van der Waals surface area (Å²) in [6, 6.07) is 6.03. The molecule has 2 aromatic rings. The maximum atomic E-state index is 11.6. The third kappa shape index (κ3) is 4.36. The summed E-state index contributed by atoms with van der Waals surface area (Å²) in [5.74, 6) is 2.32. The zero-order valence-electron chi connectivity index (χ0n) is 15.7. The van der Waals surface area contributed by atoms with Gasteiger partial charge in [-0.05, 0) is 56.6 Å². The van der Waals surface area contributed by atoms with E-state index in [-0.39, 0.29) is 5.91 Å². The topological polar surface area (TPSA) is 82.2 Å². The minimum atomic E-state index is -0.00606. The first-order chi connectivity index (χ1) is 13.2. The molecule has 0 aliphatic carbocycles. The molecule has 7 heteroatoms.